The lowest BCUT2D eigenvalue weighted by atomic mass is 10.1. The fourth-order valence-electron chi connectivity index (χ4n) is 0.776. The molecule has 0 spiro atoms. The summed E-state index contributed by atoms with van der Waals surface area (Å²) in [6, 6.07) is 0. The normalized spacial score (nSPS) is 17.6. The maximum atomic E-state index is 9.87. The number of rotatable bonds is 6. The van der Waals surface area contributed by atoms with Crippen LogP contribution < -0.4 is 0 Å². The van der Waals surface area contributed by atoms with Gasteiger partial charge in [0.05, 0.1) is 18.4 Å². The Morgan fingerprint density at radius 1 is 1.31 bits per heavy atom. The highest BCUT2D eigenvalue weighted by Crippen LogP contribution is 2.01. The monoisotopic (exact) mass is 194 g/mol. The van der Waals surface area contributed by atoms with Crippen molar-refractivity contribution >= 4 is 0 Å². The Morgan fingerprint density at radius 3 is 2.23 bits per heavy atom. The van der Waals surface area contributed by atoms with Gasteiger partial charge in [-0.2, -0.15) is 0 Å². The molecule has 0 aromatic rings. The minimum atomic E-state index is -1.49. The molecule has 0 rings (SSSR count). The molecule has 0 aromatic heterocycles. The number of aliphatic hydroxyl groups is 4. The number of aliphatic hydroxyl groups excluding tert-OH is 4. The molecule has 4 N–H and O–H groups in total. The highest BCUT2D eigenvalue weighted by Gasteiger charge is 2.24. The Hall–Kier alpha value is -0.760. The standard InChI is InChI=1S/C6H14N2O5/c1-8(7-13)2-4(10)6(12)5(11)3-9/h4-6,9-12H,2-3H2,1H3/t4-,5+,6+/m0/s1. The van der Waals surface area contributed by atoms with Crippen LogP contribution in [0.25, 0.3) is 0 Å². The molecule has 0 fully saturated rings. The molecule has 3 atom stereocenters. The maximum absolute atomic E-state index is 9.87. The summed E-state index contributed by atoms with van der Waals surface area (Å²) in [4.78, 5) is 9.87. The van der Waals surface area contributed by atoms with E-state index in [0.29, 0.717) is 0 Å². The molecule has 7 heteroatoms. The van der Waals surface area contributed by atoms with Crippen LogP contribution in [0.4, 0.5) is 0 Å². The van der Waals surface area contributed by atoms with E-state index in [1.54, 1.807) is 0 Å². The van der Waals surface area contributed by atoms with Crippen molar-refractivity contribution in [3.63, 3.8) is 0 Å². The molecule has 0 bridgehead atoms. The van der Waals surface area contributed by atoms with Gasteiger partial charge in [-0.15, -0.1) is 4.91 Å². The molecule has 7 nitrogen and oxygen atoms in total. The predicted octanol–water partition coefficient (Wildman–Crippen LogP) is -2.33. The molecule has 0 saturated carbocycles. The molecular weight excluding hydrogens is 180 g/mol. The summed E-state index contributed by atoms with van der Waals surface area (Å²) < 4.78 is 0. The van der Waals surface area contributed by atoms with Gasteiger partial charge in [-0.1, -0.05) is 0 Å². The molecule has 0 amide bonds. The number of hydrogen-bond acceptors (Lipinski definition) is 6. The SMILES string of the molecule is CN(C[C@H](O)[C@@H](O)[C@H](O)CO)N=O. The largest absolute Gasteiger partial charge is 0.394 e. The van der Waals surface area contributed by atoms with Crippen LogP contribution in [0.5, 0.6) is 0 Å². The summed E-state index contributed by atoms with van der Waals surface area (Å²) >= 11 is 0. The Bertz CT molecular complexity index is 156. The van der Waals surface area contributed by atoms with Crippen molar-refractivity contribution in [1.82, 2.24) is 5.01 Å². The van der Waals surface area contributed by atoms with Gasteiger partial charge >= 0.3 is 0 Å². The smallest absolute Gasteiger partial charge is 0.110 e. The molecule has 0 heterocycles. The molecule has 0 aliphatic heterocycles. The first kappa shape index (κ1) is 12.2. The van der Waals surface area contributed by atoms with Crippen molar-refractivity contribution in [2.24, 2.45) is 5.29 Å². The van der Waals surface area contributed by atoms with Crippen LogP contribution in [0.2, 0.25) is 0 Å². The summed E-state index contributed by atoms with van der Waals surface area (Å²) in [7, 11) is 1.31. The van der Waals surface area contributed by atoms with Crippen molar-refractivity contribution in [3.05, 3.63) is 4.91 Å². The highest BCUT2D eigenvalue weighted by atomic mass is 16.4. The van der Waals surface area contributed by atoms with Crippen molar-refractivity contribution in [1.29, 1.82) is 0 Å². The maximum Gasteiger partial charge on any atom is 0.110 e. The van der Waals surface area contributed by atoms with E-state index in [0.717, 1.165) is 5.01 Å². The Balaban J connectivity index is 3.94. The van der Waals surface area contributed by atoms with Gasteiger partial charge in [0.15, 0.2) is 0 Å². The zero-order valence-corrected chi connectivity index (χ0v) is 7.24. The van der Waals surface area contributed by atoms with Crippen LogP contribution in [-0.4, -0.2) is 63.9 Å². The molecule has 78 valence electrons. The van der Waals surface area contributed by atoms with E-state index in [1.165, 1.54) is 7.05 Å². The van der Waals surface area contributed by atoms with Crippen LogP contribution in [0, 0.1) is 4.91 Å². The van der Waals surface area contributed by atoms with Crippen molar-refractivity contribution in [2.75, 3.05) is 20.2 Å². The lowest BCUT2D eigenvalue weighted by Gasteiger charge is -2.23. The van der Waals surface area contributed by atoms with Gasteiger partial charge in [0, 0.05) is 7.05 Å². The van der Waals surface area contributed by atoms with Crippen LogP contribution in [0.1, 0.15) is 0 Å². The van der Waals surface area contributed by atoms with Crippen molar-refractivity contribution in [2.45, 2.75) is 18.3 Å². The Morgan fingerprint density at radius 2 is 1.85 bits per heavy atom. The zero-order chi connectivity index (χ0) is 10.4. The van der Waals surface area contributed by atoms with Gasteiger partial charge in [0.25, 0.3) is 0 Å². The summed E-state index contributed by atoms with van der Waals surface area (Å²) in [6.45, 7) is -0.863. The first-order valence-corrected chi connectivity index (χ1v) is 3.72. The quantitative estimate of drug-likeness (QED) is 0.279. The lowest BCUT2D eigenvalue weighted by molar-refractivity contribution is -0.0825. The van der Waals surface area contributed by atoms with Crippen LogP contribution >= 0.6 is 0 Å². The molecule has 0 aliphatic rings. The van der Waals surface area contributed by atoms with E-state index in [2.05, 4.69) is 5.29 Å². The molecule has 0 radical (unpaired) electrons. The average molecular weight is 194 g/mol. The molecule has 0 unspecified atom stereocenters. The van der Waals surface area contributed by atoms with E-state index < -0.39 is 24.9 Å². The molecule has 0 aromatic carbocycles. The first-order chi connectivity index (χ1) is 6.02. The van der Waals surface area contributed by atoms with E-state index in [9.17, 15) is 4.91 Å². The minimum Gasteiger partial charge on any atom is -0.394 e. The fraction of sp³-hybridized carbons (Fsp3) is 1.00. The van der Waals surface area contributed by atoms with E-state index in [1.807, 2.05) is 0 Å². The second-order valence-corrected chi connectivity index (χ2v) is 2.73. The Kier molecular flexibility index (Phi) is 5.47. The number of nitrogens with zero attached hydrogens (tertiary/aromatic N) is 2. The van der Waals surface area contributed by atoms with Gasteiger partial charge in [-0.3, -0.25) is 5.01 Å². The van der Waals surface area contributed by atoms with E-state index in [4.69, 9.17) is 20.4 Å². The van der Waals surface area contributed by atoms with Gasteiger partial charge in [0.1, 0.15) is 18.3 Å². The van der Waals surface area contributed by atoms with Crippen LogP contribution in [0.15, 0.2) is 5.29 Å². The fourth-order valence-corrected chi connectivity index (χ4v) is 0.776. The molecule has 0 aliphatic carbocycles. The van der Waals surface area contributed by atoms with Gasteiger partial charge in [0.2, 0.25) is 0 Å². The predicted molar refractivity (Wildman–Crippen MR) is 43.5 cm³/mol. The van der Waals surface area contributed by atoms with Crippen LogP contribution in [-0.2, 0) is 0 Å². The number of hydrogen-bond donors (Lipinski definition) is 4. The third kappa shape index (κ3) is 4.13. The molecule has 13 heavy (non-hydrogen) atoms. The molecule has 0 saturated heterocycles. The zero-order valence-electron chi connectivity index (χ0n) is 7.24. The topological polar surface area (TPSA) is 114 Å². The Labute approximate surface area is 75.2 Å². The third-order valence-electron chi connectivity index (χ3n) is 1.57. The number of nitroso groups, excluding NO2 is 1. The summed E-state index contributed by atoms with van der Waals surface area (Å²) in [5, 5.41) is 38.9. The lowest BCUT2D eigenvalue weighted by Crippen LogP contribution is -2.44. The highest BCUT2D eigenvalue weighted by molar-refractivity contribution is 4.75. The molecular formula is C6H14N2O5. The average Bonchev–Trinajstić information content (AvgIpc) is 2.14. The van der Waals surface area contributed by atoms with Crippen LogP contribution in [0.3, 0.4) is 0 Å². The van der Waals surface area contributed by atoms with E-state index >= 15 is 0 Å². The van der Waals surface area contributed by atoms with E-state index in [-0.39, 0.29) is 6.54 Å². The summed E-state index contributed by atoms with van der Waals surface area (Å²) in [6.07, 6.45) is -4.24. The second kappa shape index (κ2) is 5.81. The van der Waals surface area contributed by atoms with Crippen molar-refractivity contribution < 1.29 is 20.4 Å². The summed E-state index contributed by atoms with van der Waals surface area (Å²) in [5.41, 5.74) is 0. The minimum absolute atomic E-state index is 0.207. The van der Waals surface area contributed by atoms with Gasteiger partial charge < -0.3 is 20.4 Å². The van der Waals surface area contributed by atoms with Crippen molar-refractivity contribution in [3.8, 4) is 0 Å². The second-order valence-electron chi connectivity index (χ2n) is 2.73. The van der Waals surface area contributed by atoms with Gasteiger partial charge in [-0.25, -0.2) is 0 Å². The first-order valence-electron chi connectivity index (χ1n) is 3.72. The van der Waals surface area contributed by atoms with Gasteiger partial charge in [-0.05, 0) is 0 Å². The number of likely N-dealkylation sites (N-methyl/N-ethyl adjacent to an activating group) is 1. The third-order valence-corrected chi connectivity index (χ3v) is 1.57. The summed E-state index contributed by atoms with van der Waals surface area (Å²) in [5.74, 6) is 0.